The van der Waals surface area contributed by atoms with Crippen molar-refractivity contribution in [2.24, 2.45) is 0 Å². The highest BCUT2D eigenvalue weighted by Crippen LogP contribution is 2.18. The molecule has 45 heavy (non-hydrogen) atoms. The lowest BCUT2D eigenvalue weighted by Gasteiger charge is -2.22. The summed E-state index contributed by atoms with van der Waals surface area (Å²) in [5, 5.41) is 0. The summed E-state index contributed by atoms with van der Waals surface area (Å²) in [7, 11) is 0. The predicted molar refractivity (Wildman–Crippen MR) is 197 cm³/mol. The SMILES string of the molecule is CCCCCCCCCN(CCCCCCCC(=O)OC(CCCCCCCC)CCCCCCCC)CCCn1cccc1. The molecule has 0 spiro atoms. The van der Waals surface area contributed by atoms with Crippen molar-refractivity contribution in [1.82, 2.24) is 9.47 Å². The Balaban J connectivity index is 2.25. The third-order valence-corrected chi connectivity index (χ3v) is 9.55. The number of rotatable bonds is 35. The lowest BCUT2D eigenvalue weighted by molar-refractivity contribution is -0.150. The molecule has 0 bridgehead atoms. The molecule has 264 valence electrons. The van der Waals surface area contributed by atoms with Crippen LogP contribution in [-0.4, -0.2) is 41.2 Å². The van der Waals surface area contributed by atoms with E-state index < -0.39 is 0 Å². The van der Waals surface area contributed by atoms with Crippen molar-refractivity contribution >= 4 is 5.97 Å². The van der Waals surface area contributed by atoms with E-state index in [1.165, 1.54) is 167 Å². The summed E-state index contributed by atoms with van der Waals surface area (Å²) in [6.45, 7) is 11.7. The average molecular weight is 631 g/mol. The van der Waals surface area contributed by atoms with E-state index in [1.54, 1.807) is 0 Å². The van der Waals surface area contributed by atoms with Crippen LogP contribution in [0.1, 0.15) is 201 Å². The fraction of sp³-hybridized carbons (Fsp3) is 0.878. The number of aromatic nitrogens is 1. The molecule has 4 nitrogen and oxygen atoms in total. The van der Waals surface area contributed by atoms with Gasteiger partial charge in [0, 0.05) is 25.4 Å². The van der Waals surface area contributed by atoms with E-state index in [0.717, 1.165) is 32.2 Å². The Morgan fingerprint density at radius 1 is 0.533 bits per heavy atom. The Labute approximate surface area is 281 Å². The van der Waals surface area contributed by atoms with Gasteiger partial charge in [-0.05, 0) is 83.1 Å². The van der Waals surface area contributed by atoms with E-state index >= 15 is 0 Å². The van der Waals surface area contributed by atoms with Crippen LogP contribution < -0.4 is 0 Å². The molecule has 0 amide bonds. The monoisotopic (exact) mass is 631 g/mol. The first-order valence-corrected chi connectivity index (χ1v) is 20.2. The van der Waals surface area contributed by atoms with E-state index in [4.69, 9.17) is 4.74 Å². The van der Waals surface area contributed by atoms with Crippen LogP contribution in [0.5, 0.6) is 0 Å². The number of unbranched alkanes of at least 4 members (excludes halogenated alkanes) is 20. The van der Waals surface area contributed by atoms with Crippen molar-refractivity contribution in [3.8, 4) is 0 Å². The number of nitrogens with zero attached hydrogens (tertiary/aromatic N) is 2. The van der Waals surface area contributed by atoms with Gasteiger partial charge in [-0.25, -0.2) is 0 Å². The molecule has 0 saturated heterocycles. The highest BCUT2D eigenvalue weighted by atomic mass is 16.5. The Morgan fingerprint density at radius 2 is 0.933 bits per heavy atom. The standard InChI is InChI=1S/C41H78N2O2/c1-4-7-10-13-16-21-26-34-42(38-30-39-43-36-28-29-37-43)35-27-22-17-20-25-33-41(44)45-40(31-23-18-14-11-8-5-2)32-24-19-15-12-9-6-3/h28-29,36-37,40H,4-27,30-35,38-39H2,1-3H3. The molecule has 0 aliphatic heterocycles. The van der Waals surface area contributed by atoms with Gasteiger partial charge in [-0.15, -0.1) is 0 Å². The maximum absolute atomic E-state index is 12.7. The van der Waals surface area contributed by atoms with Gasteiger partial charge in [0.25, 0.3) is 0 Å². The second-order valence-corrected chi connectivity index (χ2v) is 14.0. The van der Waals surface area contributed by atoms with Crippen molar-refractivity contribution in [2.75, 3.05) is 19.6 Å². The van der Waals surface area contributed by atoms with Crippen molar-refractivity contribution < 1.29 is 9.53 Å². The molecule has 0 aliphatic carbocycles. The van der Waals surface area contributed by atoms with Crippen LogP contribution in [-0.2, 0) is 16.1 Å². The number of ether oxygens (including phenoxy) is 1. The van der Waals surface area contributed by atoms with Crippen LogP contribution in [0.25, 0.3) is 0 Å². The number of aryl methyl sites for hydroxylation is 1. The summed E-state index contributed by atoms with van der Waals surface area (Å²) in [6, 6.07) is 4.25. The summed E-state index contributed by atoms with van der Waals surface area (Å²) < 4.78 is 8.36. The molecular formula is C41H78N2O2. The van der Waals surface area contributed by atoms with Gasteiger partial charge in [0.1, 0.15) is 6.10 Å². The maximum Gasteiger partial charge on any atom is 0.306 e. The molecule has 1 aromatic heterocycles. The first-order valence-electron chi connectivity index (χ1n) is 20.2. The van der Waals surface area contributed by atoms with E-state index in [9.17, 15) is 4.79 Å². The zero-order valence-corrected chi connectivity index (χ0v) is 30.7. The fourth-order valence-corrected chi connectivity index (χ4v) is 6.57. The Hall–Kier alpha value is -1.29. The summed E-state index contributed by atoms with van der Waals surface area (Å²) >= 11 is 0. The summed E-state index contributed by atoms with van der Waals surface area (Å²) in [4.78, 5) is 15.5. The average Bonchev–Trinajstić information content (AvgIpc) is 3.56. The first-order chi connectivity index (χ1) is 22.2. The number of hydrogen-bond acceptors (Lipinski definition) is 3. The summed E-state index contributed by atoms with van der Waals surface area (Å²) in [6.07, 6.45) is 39.7. The molecule has 1 heterocycles. The number of carbonyl (C=O) groups excluding carboxylic acids is 1. The number of esters is 1. The molecule has 0 atom stereocenters. The Morgan fingerprint density at radius 3 is 1.42 bits per heavy atom. The van der Waals surface area contributed by atoms with Crippen LogP contribution in [0.2, 0.25) is 0 Å². The van der Waals surface area contributed by atoms with E-state index in [2.05, 4.69) is 54.8 Å². The second-order valence-electron chi connectivity index (χ2n) is 14.0. The van der Waals surface area contributed by atoms with Crippen LogP contribution in [0.15, 0.2) is 24.5 Å². The van der Waals surface area contributed by atoms with Crippen LogP contribution >= 0.6 is 0 Å². The molecule has 0 fully saturated rings. The van der Waals surface area contributed by atoms with E-state index in [-0.39, 0.29) is 12.1 Å². The Bertz CT molecular complexity index is 703. The van der Waals surface area contributed by atoms with Crippen LogP contribution in [0.4, 0.5) is 0 Å². The van der Waals surface area contributed by atoms with Crippen molar-refractivity contribution in [3.05, 3.63) is 24.5 Å². The van der Waals surface area contributed by atoms with Gasteiger partial charge in [0.05, 0.1) is 0 Å². The van der Waals surface area contributed by atoms with E-state index in [1.807, 2.05) is 0 Å². The lowest BCUT2D eigenvalue weighted by Crippen LogP contribution is -2.28. The fourth-order valence-electron chi connectivity index (χ4n) is 6.57. The molecular weight excluding hydrogens is 552 g/mol. The molecule has 0 aliphatic rings. The molecule has 0 saturated carbocycles. The molecule has 0 aromatic carbocycles. The predicted octanol–water partition coefficient (Wildman–Crippen LogP) is 12.7. The number of carbonyl (C=O) groups is 1. The topological polar surface area (TPSA) is 34.5 Å². The molecule has 4 heteroatoms. The molecule has 0 radical (unpaired) electrons. The summed E-state index contributed by atoms with van der Waals surface area (Å²) in [5.74, 6) is 0.0560. The minimum Gasteiger partial charge on any atom is -0.462 e. The lowest BCUT2D eigenvalue weighted by atomic mass is 10.0. The minimum absolute atomic E-state index is 0.0560. The van der Waals surface area contributed by atoms with Gasteiger partial charge in [0.2, 0.25) is 0 Å². The van der Waals surface area contributed by atoms with Gasteiger partial charge >= 0.3 is 5.97 Å². The molecule has 1 aromatic rings. The van der Waals surface area contributed by atoms with E-state index in [0.29, 0.717) is 6.42 Å². The van der Waals surface area contributed by atoms with Gasteiger partial charge in [-0.2, -0.15) is 0 Å². The summed E-state index contributed by atoms with van der Waals surface area (Å²) in [5.41, 5.74) is 0. The van der Waals surface area contributed by atoms with Crippen LogP contribution in [0.3, 0.4) is 0 Å². The van der Waals surface area contributed by atoms with Gasteiger partial charge < -0.3 is 14.2 Å². The zero-order valence-electron chi connectivity index (χ0n) is 30.7. The smallest absolute Gasteiger partial charge is 0.306 e. The second kappa shape index (κ2) is 32.6. The highest BCUT2D eigenvalue weighted by Gasteiger charge is 2.14. The van der Waals surface area contributed by atoms with Crippen molar-refractivity contribution in [2.45, 2.75) is 213 Å². The van der Waals surface area contributed by atoms with Crippen LogP contribution in [0, 0.1) is 0 Å². The zero-order chi connectivity index (χ0) is 32.5. The van der Waals surface area contributed by atoms with Crippen molar-refractivity contribution in [3.63, 3.8) is 0 Å². The van der Waals surface area contributed by atoms with Crippen molar-refractivity contribution in [1.29, 1.82) is 0 Å². The third kappa shape index (κ3) is 27.5. The largest absolute Gasteiger partial charge is 0.462 e. The molecule has 0 unspecified atom stereocenters. The Kier molecular flexibility index (Phi) is 30.3. The molecule has 1 rings (SSSR count). The minimum atomic E-state index is 0.0560. The molecule has 0 N–H and O–H groups in total. The third-order valence-electron chi connectivity index (χ3n) is 9.55. The maximum atomic E-state index is 12.7. The van der Waals surface area contributed by atoms with Gasteiger partial charge in [-0.3, -0.25) is 4.79 Å². The normalized spacial score (nSPS) is 11.7. The van der Waals surface area contributed by atoms with Gasteiger partial charge in [0.15, 0.2) is 0 Å². The first kappa shape index (κ1) is 41.7. The van der Waals surface area contributed by atoms with Gasteiger partial charge in [-0.1, -0.05) is 143 Å². The number of hydrogen-bond donors (Lipinski definition) is 0. The quantitative estimate of drug-likeness (QED) is 0.0553. The highest BCUT2D eigenvalue weighted by molar-refractivity contribution is 5.69.